The van der Waals surface area contributed by atoms with Crippen LogP contribution in [0.5, 0.6) is 0 Å². The lowest BCUT2D eigenvalue weighted by Crippen LogP contribution is -1.85. The van der Waals surface area contributed by atoms with E-state index in [9.17, 15) is 0 Å². The van der Waals surface area contributed by atoms with Gasteiger partial charge in [0.1, 0.15) is 0 Å². The fourth-order valence-corrected chi connectivity index (χ4v) is 0.979. The molecule has 0 heteroatoms. The molecule has 0 atom stereocenters. The summed E-state index contributed by atoms with van der Waals surface area (Å²) < 4.78 is 0. The molecular formula is C11H18. The second kappa shape index (κ2) is 4.95. The maximum Gasteiger partial charge on any atom is -0.0305 e. The monoisotopic (exact) mass is 150 g/mol. The Labute approximate surface area is 70.3 Å². The molecule has 0 saturated heterocycles. The summed E-state index contributed by atoms with van der Waals surface area (Å²) in [5, 5.41) is 0. The minimum Gasteiger partial charge on any atom is -0.0961 e. The van der Waals surface area contributed by atoms with E-state index in [1.54, 1.807) is 0 Å². The van der Waals surface area contributed by atoms with E-state index < -0.39 is 0 Å². The molecule has 0 heterocycles. The van der Waals surface area contributed by atoms with Gasteiger partial charge >= 0.3 is 0 Å². The van der Waals surface area contributed by atoms with Crippen molar-refractivity contribution in [2.75, 3.05) is 0 Å². The maximum absolute atomic E-state index is 3.99. The molecule has 0 aromatic heterocycles. The van der Waals surface area contributed by atoms with Gasteiger partial charge < -0.3 is 0 Å². The summed E-state index contributed by atoms with van der Waals surface area (Å²) in [4.78, 5) is 0. The molecule has 0 aliphatic rings. The molecular weight excluding hydrogens is 132 g/mol. The Morgan fingerprint density at radius 3 is 2.00 bits per heavy atom. The average molecular weight is 150 g/mol. The normalized spacial score (nSPS) is 11.4. The van der Waals surface area contributed by atoms with Crippen LogP contribution in [0.25, 0.3) is 0 Å². The first kappa shape index (κ1) is 10.2. The fraction of sp³-hybridized carbons (Fsp3) is 0.455. The van der Waals surface area contributed by atoms with Gasteiger partial charge in [0.05, 0.1) is 0 Å². The van der Waals surface area contributed by atoms with Crippen molar-refractivity contribution in [2.45, 2.75) is 33.6 Å². The van der Waals surface area contributed by atoms with Crippen LogP contribution < -0.4 is 0 Å². The molecule has 0 unspecified atom stereocenters. The first-order valence-electron chi connectivity index (χ1n) is 4.16. The molecule has 0 N–H and O–H groups in total. The minimum absolute atomic E-state index is 1.03. The Morgan fingerprint density at radius 2 is 1.73 bits per heavy atom. The Kier molecular flexibility index (Phi) is 4.60. The zero-order valence-corrected chi connectivity index (χ0v) is 7.91. The molecule has 0 rings (SSSR count). The highest BCUT2D eigenvalue weighted by Gasteiger charge is 1.96. The standard InChI is InChI=1S/C11H18/c1-6-10(5)11(7-2)8-9(3)4/h8H,3,5-7H2,1-2,4H3/b11-8-. The smallest absolute Gasteiger partial charge is 0.0305 e. The van der Waals surface area contributed by atoms with Gasteiger partial charge in [0.15, 0.2) is 0 Å². The minimum atomic E-state index is 1.03. The van der Waals surface area contributed by atoms with Crippen molar-refractivity contribution in [3.05, 3.63) is 36.0 Å². The molecule has 0 amide bonds. The number of rotatable bonds is 4. The van der Waals surface area contributed by atoms with E-state index in [2.05, 4.69) is 33.1 Å². The molecule has 0 aromatic rings. The summed E-state index contributed by atoms with van der Waals surface area (Å²) in [5.41, 5.74) is 3.67. The van der Waals surface area contributed by atoms with Crippen LogP contribution in [-0.2, 0) is 0 Å². The van der Waals surface area contributed by atoms with E-state index in [4.69, 9.17) is 0 Å². The third kappa shape index (κ3) is 3.82. The van der Waals surface area contributed by atoms with Crippen LogP contribution in [0.15, 0.2) is 36.0 Å². The van der Waals surface area contributed by atoms with Crippen molar-refractivity contribution in [3.8, 4) is 0 Å². The molecule has 11 heavy (non-hydrogen) atoms. The van der Waals surface area contributed by atoms with E-state index >= 15 is 0 Å². The van der Waals surface area contributed by atoms with Crippen LogP contribution in [0.4, 0.5) is 0 Å². The largest absolute Gasteiger partial charge is 0.0961 e. The lowest BCUT2D eigenvalue weighted by atomic mass is 10.0. The van der Waals surface area contributed by atoms with E-state index in [-0.39, 0.29) is 0 Å². The Morgan fingerprint density at radius 1 is 1.18 bits per heavy atom. The van der Waals surface area contributed by atoms with Crippen LogP contribution >= 0.6 is 0 Å². The zero-order valence-electron chi connectivity index (χ0n) is 7.91. The van der Waals surface area contributed by atoms with Gasteiger partial charge in [-0.2, -0.15) is 0 Å². The number of hydrogen-bond acceptors (Lipinski definition) is 0. The van der Waals surface area contributed by atoms with Crippen molar-refractivity contribution in [2.24, 2.45) is 0 Å². The van der Waals surface area contributed by atoms with Crippen molar-refractivity contribution < 1.29 is 0 Å². The maximum atomic E-state index is 3.99. The summed E-state index contributed by atoms with van der Waals surface area (Å²) in [5.74, 6) is 0. The van der Waals surface area contributed by atoms with Crippen LogP contribution in [0, 0.1) is 0 Å². The number of allylic oxidation sites excluding steroid dienone is 4. The van der Waals surface area contributed by atoms with Gasteiger partial charge in [-0.1, -0.05) is 44.2 Å². The molecule has 62 valence electrons. The van der Waals surface area contributed by atoms with E-state index in [0.717, 1.165) is 18.4 Å². The van der Waals surface area contributed by atoms with Crippen LogP contribution in [0.1, 0.15) is 33.6 Å². The van der Waals surface area contributed by atoms with Gasteiger partial charge in [-0.15, -0.1) is 0 Å². The topological polar surface area (TPSA) is 0 Å². The molecule has 0 aromatic carbocycles. The van der Waals surface area contributed by atoms with Gasteiger partial charge in [-0.05, 0) is 25.3 Å². The molecule has 0 saturated carbocycles. The Balaban J connectivity index is 4.39. The quantitative estimate of drug-likeness (QED) is 0.534. The molecule has 0 radical (unpaired) electrons. The van der Waals surface area contributed by atoms with Crippen molar-refractivity contribution in [3.63, 3.8) is 0 Å². The second-order valence-electron chi connectivity index (χ2n) is 2.83. The first-order chi connectivity index (χ1) is 5.11. The lowest BCUT2D eigenvalue weighted by molar-refractivity contribution is 1.03. The summed E-state index contributed by atoms with van der Waals surface area (Å²) in [6, 6.07) is 0. The predicted octanol–water partition coefficient (Wildman–Crippen LogP) is 3.87. The summed E-state index contributed by atoms with van der Waals surface area (Å²) in [7, 11) is 0. The zero-order chi connectivity index (χ0) is 8.85. The Bertz CT molecular complexity index is 182. The third-order valence-corrected chi connectivity index (χ3v) is 1.68. The van der Waals surface area contributed by atoms with Crippen molar-refractivity contribution >= 4 is 0 Å². The van der Waals surface area contributed by atoms with E-state index in [1.807, 2.05) is 6.92 Å². The molecule has 0 fully saturated rings. The van der Waals surface area contributed by atoms with Gasteiger partial charge in [0.25, 0.3) is 0 Å². The molecule has 0 aliphatic carbocycles. The highest BCUT2D eigenvalue weighted by atomic mass is 14.0. The summed E-state index contributed by atoms with van der Waals surface area (Å²) >= 11 is 0. The number of hydrogen-bond donors (Lipinski definition) is 0. The summed E-state index contributed by atoms with van der Waals surface area (Å²) in [6.07, 6.45) is 4.21. The van der Waals surface area contributed by atoms with E-state index in [1.165, 1.54) is 11.1 Å². The second-order valence-corrected chi connectivity index (χ2v) is 2.83. The van der Waals surface area contributed by atoms with E-state index in [0.29, 0.717) is 0 Å². The van der Waals surface area contributed by atoms with Gasteiger partial charge in [-0.25, -0.2) is 0 Å². The SMILES string of the molecule is C=C(C)/C=C(/CC)C(=C)CC. The third-order valence-electron chi connectivity index (χ3n) is 1.68. The Hall–Kier alpha value is -0.780. The highest BCUT2D eigenvalue weighted by molar-refractivity contribution is 5.33. The first-order valence-corrected chi connectivity index (χ1v) is 4.16. The van der Waals surface area contributed by atoms with Crippen LogP contribution in [0.2, 0.25) is 0 Å². The molecule has 0 bridgehead atoms. The molecule has 0 spiro atoms. The van der Waals surface area contributed by atoms with Gasteiger partial charge in [0.2, 0.25) is 0 Å². The predicted molar refractivity (Wildman–Crippen MR) is 52.6 cm³/mol. The summed E-state index contributed by atoms with van der Waals surface area (Å²) in [6.45, 7) is 14.1. The van der Waals surface area contributed by atoms with Crippen LogP contribution in [-0.4, -0.2) is 0 Å². The fourth-order valence-electron chi connectivity index (χ4n) is 0.979. The van der Waals surface area contributed by atoms with Gasteiger partial charge in [0, 0.05) is 0 Å². The van der Waals surface area contributed by atoms with Crippen LogP contribution in [0.3, 0.4) is 0 Å². The highest BCUT2D eigenvalue weighted by Crippen LogP contribution is 2.16. The molecule has 0 nitrogen and oxygen atoms in total. The van der Waals surface area contributed by atoms with Crippen molar-refractivity contribution in [1.29, 1.82) is 0 Å². The van der Waals surface area contributed by atoms with Gasteiger partial charge in [-0.3, -0.25) is 0 Å². The lowest BCUT2D eigenvalue weighted by Gasteiger charge is -2.05. The molecule has 0 aliphatic heterocycles. The van der Waals surface area contributed by atoms with Crippen molar-refractivity contribution in [1.82, 2.24) is 0 Å². The average Bonchev–Trinajstić information content (AvgIpc) is 1.98.